The van der Waals surface area contributed by atoms with Gasteiger partial charge in [0.1, 0.15) is 5.78 Å². The van der Waals surface area contributed by atoms with Crippen LogP contribution in [0.15, 0.2) is 0 Å². The fourth-order valence-corrected chi connectivity index (χ4v) is 1.66. The summed E-state index contributed by atoms with van der Waals surface area (Å²) in [5, 5.41) is 0. The molecule has 0 aromatic heterocycles. The van der Waals surface area contributed by atoms with E-state index in [0.717, 1.165) is 18.8 Å². The summed E-state index contributed by atoms with van der Waals surface area (Å²) in [6, 6.07) is 0. The molecule has 0 amide bonds. The number of hydrogen-bond acceptors (Lipinski definition) is 1. The predicted octanol–water partition coefficient (Wildman–Crippen LogP) is 4.84. The zero-order valence-electron chi connectivity index (χ0n) is 12.1. The molecule has 0 aromatic carbocycles. The fourth-order valence-electron chi connectivity index (χ4n) is 1.66. The first-order valence-electron chi connectivity index (χ1n) is 6.81. The van der Waals surface area contributed by atoms with Gasteiger partial charge >= 0.3 is 0 Å². The van der Waals surface area contributed by atoms with Gasteiger partial charge < -0.3 is 0 Å². The number of ketones is 1. The average Bonchev–Trinajstić information content (AvgIpc) is 2.16. The summed E-state index contributed by atoms with van der Waals surface area (Å²) in [6.45, 7) is 12.9. The Morgan fingerprint density at radius 2 is 1.56 bits per heavy atom. The van der Waals surface area contributed by atoms with Gasteiger partial charge in [-0.05, 0) is 18.3 Å². The smallest absolute Gasteiger partial charge is 0.138 e. The van der Waals surface area contributed by atoms with Gasteiger partial charge in [0.05, 0.1) is 0 Å². The van der Waals surface area contributed by atoms with Crippen LogP contribution in [0.4, 0.5) is 0 Å². The molecule has 0 bridgehead atoms. The number of hydrogen-bond donors (Lipinski definition) is 0. The first-order chi connectivity index (χ1) is 7.28. The van der Waals surface area contributed by atoms with E-state index >= 15 is 0 Å². The minimum absolute atomic E-state index is 0.141. The van der Waals surface area contributed by atoms with E-state index in [-0.39, 0.29) is 5.41 Å². The molecule has 0 N–H and O–H groups in total. The topological polar surface area (TPSA) is 17.1 Å². The molecule has 0 heterocycles. The van der Waals surface area contributed by atoms with Crippen LogP contribution in [-0.2, 0) is 4.79 Å². The maximum absolute atomic E-state index is 12.0. The Morgan fingerprint density at radius 3 is 2.00 bits per heavy atom. The highest BCUT2D eigenvalue weighted by molar-refractivity contribution is 5.84. The van der Waals surface area contributed by atoms with Gasteiger partial charge in [0.25, 0.3) is 0 Å². The minimum atomic E-state index is -0.141. The molecule has 1 nitrogen and oxygen atoms in total. The number of carbonyl (C=O) groups is 1. The molecule has 0 aliphatic rings. The van der Waals surface area contributed by atoms with E-state index in [9.17, 15) is 4.79 Å². The first-order valence-corrected chi connectivity index (χ1v) is 6.81. The Bertz CT molecular complexity index is 201. The van der Waals surface area contributed by atoms with E-state index in [1.165, 1.54) is 19.3 Å². The second-order valence-electron chi connectivity index (χ2n) is 6.29. The van der Waals surface area contributed by atoms with E-state index in [0.29, 0.717) is 11.7 Å². The van der Waals surface area contributed by atoms with Crippen LogP contribution < -0.4 is 0 Å². The minimum Gasteiger partial charge on any atom is -0.299 e. The van der Waals surface area contributed by atoms with Gasteiger partial charge in [-0.3, -0.25) is 4.79 Å². The summed E-state index contributed by atoms with van der Waals surface area (Å²) >= 11 is 0. The Balaban J connectivity index is 3.74. The lowest BCUT2D eigenvalue weighted by Crippen LogP contribution is -2.29. The highest BCUT2D eigenvalue weighted by Crippen LogP contribution is 2.29. The molecular formula is C15H30O. The molecule has 0 fully saturated rings. The summed E-state index contributed by atoms with van der Waals surface area (Å²) in [5.74, 6) is 1.67. The van der Waals surface area contributed by atoms with Gasteiger partial charge in [-0.1, -0.05) is 60.8 Å². The van der Waals surface area contributed by atoms with Crippen molar-refractivity contribution in [1.29, 1.82) is 0 Å². The summed E-state index contributed by atoms with van der Waals surface area (Å²) in [5.41, 5.74) is -0.141. The molecule has 0 radical (unpaired) electrons. The van der Waals surface area contributed by atoms with E-state index in [4.69, 9.17) is 0 Å². The molecule has 0 aliphatic carbocycles. The molecule has 0 aromatic rings. The van der Waals surface area contributed by atoms with Crippen molar-refractivity contribution >= 4 is 5.78 Å². The molecule has 0 saturated heterocycles. The van der Waals surface area contributed by atoms with Gasteiger partial charge in [0.2, 0.25) is 0 Å². The molecule has 0 saturated carbocycles. The third kappa shape index (κ3) is 5.67. The third-order valence-electron chi connectivity index (χ3n) is 3.85. The third-order valence-corrected chi connectivity index (χ3v) is 3.85. The first kappa shape index (κ1) is 15.7. The van der Waals surface area contributed by atoms with Crippen LogP contribution in [0, 0.1) is 17.3 Å². The lowest BCUT2D eigenvalue weighted by Gasteiger charge is -2.27. The maximum atomic E-state index is 12.0. The van der Waals surface area contributed by atoms with Crippen molar-refractivity contribution in [3.63, 3.8) is 0 Å². The molecule has 0 atom stereocenters. The fraction of sp³-hybridized carbons (Fsp3) is 0.933. The zero-order valence-corrected chi connectivity index (χ0v) is 12.1. The summed E-state index contributed by atoms with van der Waals surface area (Å²) in [6.07, 6.45) is 5.61. The van der Waals surface area contributed by atoms with Crippen LogP contribution >= 0.6 is 0 Å². The predicted molar refractivity (Wildman–Crippen MR) is 71.5 cm³/mol. The van der Waals surface area contributed by atoms with E-state index in [1.807, 2.05) is 0 Å². The van der Waals surface area contributed by atoms with Crippen molar-refractivity contribution in [3.05, 3.63) is 0 Å². The Labute approximate surface area is 102 Å². The average molecular weight is 226 g/mol. The van der Waals surface area contributed by atoms with Crippen LogP contribution in [-0.4, -0.2) is 5.78 Å². The van der Waals surface area contributed by atoms with Crippen molar-refractivity contribution in [2.45, 2.75) is 73.6 Å². The van der Waals surface area contributed by atoms with Crippen molar-refractivity contribution in [2.75, 3.05) is 0 Å². The van der Waals surface area contributed by atoms with Gasteiger partial charge in [-0.15, -0.1) is 0 Å². The van der Waals surface area contributed by atoms with Crippen molar-refractivity contribution in [1.82, 2.24) is 0 Å². The number of Topliss-reactive ketones (excluding diaryl/α,β-unsaturated/α-hetero) is 1. The monoisotopic (exact) mass is 226 g/mol. The largest absolute Gasteiger partial charge is 0.299 e. The van der Waals surface area contributed by atoms with Gasteiger partial charge in [-0.2, -0.15) is 0 Å². The molecule has 96 valence electrons. The Hall–Kier alpha value is -0.330. The van der Waals surface area contributed by atoms with Crippen LogP contribution in [0.1, 0.15) is 73.6 Å². The molecule has 0 unspecified atom stereocenters. The summed E-state index contributed by atoms with van der Waals surface area (Å²) < 4.78 is 0. The highest BCUT2D eigenvalue weighted by Gasteiger charge is 2.29. The zero-order chi connectivity index (χ0) is 12.8. The van der Waals surface area contributed by atoms with Crippen LogP contribution in [0.3, 0.4) is 0 Å². The van der Waals surface area contributed by atoms with Crippen molar-refractivity contribution in [2.24, 2.45) is 17.3 Å². The van der Waals surface area contributed by atoms with Gasteiger partial charge in [0.15, 0.2) is 0 Å². The summed E-state index contributed by atoms with van der Waals surface area (Å²) in [7, 11) is 0. The lowest BCUT2D eigenvalue weighted by atomic mass is 9.76. The van der Waals surface area contributed by atoms with Crippen LogP contribution in [0.25, 0.3) is 0 Å². The second kappa shape index (κ2) is 7.09. The molecule has 0 spiro atoms. The molecule has 16 heavy (non-hydrogen) atoms. The lowest BCUT2D eigenvalue weighted by molar-refractivity contribution is -0.129. The Kier molecular flexibility index (Phi) is 6.94. The quantitative estimate of drug-likeness (QED) is 0.541. The molecular weight excluding hydrogens is 196 g/mol. The SMILES string of the molecule is CC(C)CCCCCC(=O)C(C)(C)C(C)C. The number of rotatable bonds is 8. The number of carbonyl (C=O) groups excluding carboxylic acids is 1. The highest BCUT2D eigenvalue weighted by atomic mass is 16.1. The van der Waals surface area contributed by atoms with E-state index < -0.39 is 0 Å². The maximum Gasteiger partial charge on any atom is 0.138 e. The number of unbranched alkanes of at least 4 members (excludes halogenated alkanes) is 2. The van der Waals surface area contributed by atoms with Gasteiger partial charge in [0, 0.05) is 11.8 Å². The standard InChI is InChI=1S/C15H30O/c1-12(2)10-8-7-9-11-14(16)15(5,6)13(3)4/h12-13H,7-11H2,1-6H3. The van der Waals surface area contributed by atoms with Crippen molar-refractivity contribution < 1.29 is 4.79 Å². The van der Waals surface area contributed by atoms with Gasteiger partial charge in [-0.25, -0.2) is 0 Å². The van der Waals surface area contributed by atoms with E-state index in [1.54, 1.807) is 0 Å². The van der Waals surface area contributed by atoms with Crippen LogP contribution in [0.2, 0.25) is 0 Å². The van der Waals surface area contributed by atoms with Crippen LogP contribution in [0.5, 0.6) is 0 Å². The second-order valence-corrected chi connectivity index (χ2v) is 6.29. The molecule has 0 rings (SSSR count). The molecule has 1 heteroatoms. The normalized spacial score (nSPS) is 12.5. The summed E-state index contributed by atoms with van der Waals surface area (Å²) in [4.78, 5) is 12.0. The van der Waals surface area contributed by atoms with E-state index in [2.05, 4.69) is 41.5 Å². The Morgan fingerprint density at radius 1 is 1.00 bits per heavy atom. The molecule has 0 aliphatic heterocycles. The van der Waals surface area contributed by atoms with Crippen molar-refractivity contribution in [3.8, 4) is 0 Å².